The number of rotatable bonds is 3. The quantitative estimate of drug-likeness (QED) is 0.675. The van der Waals surface area contributed by atoms with Crippen LogP contribution in [0.1, 0.15) is 48.3 Å². The number of ether oxygens (including phenoxy) is 1. The standard InChI is InChI=1S/C24H29F3N4O3/c1-15-13-30(14-16(2)34-15)22(32)18-7-9-29(10-8-18)23(33)21-12-28-31(17(21)3)20-6-4-5-19(11-20)24(25,26)27/h4-6,11-12,15-16,18H,7-10,13-14H2,1-3H3. The van der Waals surface area contributed by atoms with Crippen LogP contribution in [0, 0.1) is 12.8 Å². The van der Waals surface area contributed by atoms with Crippen LogP contribution in [0.25, 0.3) is 5.69 Å². The van der Waals surface area contributed by atoms with Crippen LogP contribution in [0.4, 0.5) is 13.2 Å². The molecule has 10 heteroatoms. The molecule has 0 N–H and O–H groups in total. The number of morpholine rings is 1. The number of carbonyl (C=O) groups is 2. The number of nitrogens with zero attached hydrogens (tertiary/aromatic N) is 4. The van der Waals surface area contributed by atoms with Crippen molar-refractivity contribution in [2.75, 3.05) is 26.2 Å². The molecule has 184 valence electrons. The molecule has 34 heavy (non-hydrogen) atoms. The molecule has 2 amide bonds. The molecule has 2 aliphatic rings. The van der Waals surface area contributed by atoms with Crippen molar-refractivity contribution in [2.45, 2.75) is 52.0 Å². The van der Waals surface area contributed by atoms with Gasteiger partial charge in [0.05, 0.1) is 40.9 Å². The number of likely N-dealkylation sites (tertiary alicyclic amines) is 1. The van der Waals surface area contributed by atoms with Crippen LogP contribution in [0.2, 0.25) is 0 Å². The number of piperidine rings is 1. The Kier molecular flexibility index (Phi) is 6.71. The second-order valence-electron chi connectivity index (χ2n) is 9.17. The smallest absolute Gasteiger partial charge is 0.372 e. The van der Waals surface area contributed by atoms with Crippen LogP contribution in [0.5, 0.6) is 0 Å². The lowest BCUT2D eigenvalue weighted by Crippen LogP contribution is -2.51. The predicted molar refractivity (Wildman–Crippen MR) is 119 cm³/mol. The third-order valence-electron chi connectivity index (χ3n) is 6.52. The monoisotopic (exact) mass is 478 g/mol. The average molecular weight is 479 g/mol. The molecule has 1 aromatic heterocycles. The largest absolute Gasteiger partial charge is 0.416 e. The van der Waals surface area contributed by atoms with E-state index in [4.69, 9.17) is 4.74 Å². The SMILES string of the molecule is Cc1c(C(=O)N2CCC(C(=O)N3CC(C)OC(C)C3)CC2)cnn1-c1cccc(C(F)(F)F)c1. The van der Waals surface area contributed by atoms with Gasteiger partial charge in [0.2, 0.25) is 5.91 Å². The van der Waals surface area contributed by atoms with Gasteiger partial charge in [0.1, 0.15) is 0 Å². The Morgan fingerprint density at radius 1 is 1.06 bits per heavy atom. The summed E-state index contributed by atoms with van der Waals surface area (Å²) >= 11 is 0. The highest BCUT2D eigenvalue weighted by molar-refractivity contribution is 5.95. The number of amides is 2. The van der Waals surface area contributed by atoms with E-state index in [0.29, 0.717) is 50.3 Å². The van der Waals surface area contributed by atoms with Gasteiger partial charge in [0, 0.05) is 32.1 Å². The summed E-state index contributed by atoms with van der Waals surface area (Å²) in [5.74, 6) is -0.242. The first-order chi connectivity index (χ1) is 16.0. The summed E-state index contributed by atoms with van der Waals surface area (Å²) in [5.41, 5.74) is 0.282. The summed E-state index contributed by atoms with van der Waals surface area (Å²) in [6.07, 6.45) is -1.91. The number of carbonyl (C=O) groups excluding carboxylic acids is 2. The number of hydrogen-bond donors (Lipinski definition) is 0. The van der Waals surface area contributed by atoms with Crippen LogP contribution in [0.3, 0.4) is 0 Å². The lowest BCUT2D eigenvalue weighted by Gasteiger charge is -2.39. The second kappa shape index (κ2) is 9.40. The van der Waals surface area contributed by atoms with E-state index >= 15 is 0 Å². The van der Waals surface area contributed by atoms with Crippen LogP contribution < -0.4 is 0 Å². The topological polar surface area (TPSA) is 67.7 Å². The van der Waals surface area contributed by atoms with Crippen LogP contribution in [0.15, 0.2) is 30.5 Å². The highest BCUT2D eigenvalue weighted by Crippen LogP contribution is 2.31. The van der Waals surface area contributed by atoms with Gasteiger partial charge in [-0.2, -0.15) is 18.3 Å². The van der Waals surface area contributed by atoms with E-state index in [1.165, 1.54) is 23.0 Å². The molecule has 7 nitrogen and oxygen atoms in total. The van der Waals surface area contributed by atoms with E-state index < -0.39 is 11.7 Å². The number of aromatic nitrogens is 2. The lowest BCUT2D eigenvalue weighted by atomic mass is 9.94. The molecular weight excluding hydrogens is 449 g/mol. The molecule has 3 heterocycles. The Morgan fingerprint density at radius 3 is 2.32 bits per heavy atom. The third kappa shape index (κ3) is 4.96. The Balaban J connectivity index is 1.41. The molecular formula is C24H29F3N4O3. The van der Waals surface area contributed by atoms with Crippen molar-refractivity contribution in [3.63, 3.8) is 0 Å². The maximum atomic E-state index is 13.1. The van der Waals surface area contributed by atoms with Gasteiger partial charge in [-0.15, -0.1) is 0 Å². The molecule has 2 aromatic rings. The molecule has 0 aliphatic carbocycles. The number of halogens is 3. The Bertz CT molecular complexity index is 1050. The van der Waals surface area contributed by atoms with Gasteiger partial charge in [-0.3, -0.25) is 9.59 Å². The number of hydrogen-bond acceptors (Lipinski definition) is 4. The van der Waals surface area contributed by atoms with Gasteiger partial charge < -0.3 is 14.5 Å². The van der Waals surface area contributed by atoms with Crippen molar-refractivity contribution >= 4 is 11.8 Å². The Labute approximate surface area is 196 Å². The fraction of sp³-hybridized carbons (Fsp3) is 0.542. The van der Waals surface area contributed by atoms with Crippen LogP contribution >= 0.6 is 0 Å². The van der Waals surface area contributed by atoms with Gasteiger partial charge in [-0.05, 0) is 51.8 Å². The van der Waals surface area contributed by atoms with Gasteiger partial charge in [0.25, 0.3) is 5.91 Å². The predicted octanol–water partition coefficient (Wildman–Crippen LogP) is 3.69. The van der Waals surface area contributed by atoms with E-state index in [2.05, 4.69) is 5.10 Å². The van der Waals surface area contributed by atoms with E-state index in [0.717, 1.165) is 12.1 Å². The molecule has 0 spiro atoms. The summed E-state index contributed by atoms with van der Waals surface area (Å²) in [5, 5.41) is 4.17. The van der Waals surface area contributed by atoms with Crippen LogP contribution in [-0.4, -0.2) is 69.8 Å². The minimum atomic E-state index is -4.46. The maximum absolute atomic E-state index is 13.1. The maximum Gasteiger partial charge on any atom is 0.416 e. The van der Waals surface area contributed by atoms with E-state index in [1.54, 1.807) is 11.8 Å². The van der Waals surface area contributed by atoms with Gasteiger partial charge in [-0.25, -0.2) is 4.68 Å². The van der Waals surface area contributed by atoms with E-state index in [-0.39, 0.29) is 35.6 Å². The summed E-state index contributed by atoms with van der Waals surface area (Å²) in [6, 6.07) is 4.85. The fourth-order valence-corrected chi connectivity index (χ4v) is 4.81. The zero-order valence-electron chi connectivity index (χ0n) is 19.5. The molecule has 4 rings (SSSR count). The third-order valence-corrected chi connectivity index (χ3v) is 6.52. The van der Waals surface area contributed by atoms with Gasteiger partial charge >= 0.3 is 6.18 Å². The van der Waals surface area contributed by atoms with Crippen LogP contribution in [-0.2, 0) is 15.7 Å². The van der Waals surface area contributed by atoms with Crippen molar-refractivity contribution in [1.29, 1.82) is 0 Å². The van der Waals surface area contributed by atoms with Gasteiger partial charge in [0.15, 0.2) is 0 Å². The second-order valence-corrected chi connectivity index (χ2v) is 9.17. The van der Waals surface area contributed by atoms with E-state index in [9.17, 15) is 22.8 Å². The normalized spacial score (nSPS) is 22.2. The molecule has 2 fully saturated rings. The zero-order valence-corrected chi connectivity index (χ0v) is 19.5. The number of benzene rings is 1. The molecule has 0 radical (unpaired) electrons. The van der Waals surface area contributed by atoms with Crippen molar-refractivity contribution in [3.8, 4) is 5.69 Å². The molecule has 2 aliphatic heterocycles. The number of alkyl halides is 3. The molecule has 0 bridgehead atoms. The highest BCUT2D eigenvalue weighted by atomic mass is 19.4. The minimum absolute atomic E-state index is 0.00528. The molecule has 2 unspecified atom stereocenters. The summed E-state index contributed by atoms with van der Waals surface area (Å²) in [6.45, 7) is 7.62. The summed E-state index contributed by atoms with van der Waals surface area (Å²) in [4.78, 5) is 29.7. The highest BCUT2D eigenvalue weighted by Gasteiger charge is 2.34. The Morgan fingerprint density at radius 2 is 1.71 bits per heavy atom. The first-order valence-corrected chi connectivity index (χ1v) is 11.5. The molecule has 0 saturated carbocycles. The lowest BCUT2D eigenvalue weighted by molar-refractivity contribution is -0.148. The van der Waals surface area contributed by atoms with Gasteiger partial charge in [-0.1, -0.05) is 6.07 Å². The molecule has 1 aromatic carbocycles. The molecule has 2 saturated heterocycles. The first-order valence-electron chi connectivity index (χ1n) is 11.5. The fourth-order valence-electron chi connectivity index (χ4n) is 4.81. The zero-order chi connectivity index (χ0) is 24.6. The Hall–Kier alpha value is -2.88. The summed E-state index contributed by atoms with van der Waals surface area (Å²) in [7, 11) is 0. The van der Waals surface area contributed by atoms with Crippen molar-refractivity contribution in [3.05, 3.63) is 47.3 Å². The van der Waals surface area contributed by atoms with E-state index in [1.807, 2.05) is 18.7 Å². The minimum Gasteiger partial charge on any atom is -0.372 e. The molecule has 2 atom stereocenters. The van der Waals surface area contributed by atoms with Crippen molar-refractivity contribution in [1.82, 2.24) is 19.6 Å². The average Bonchev–Trinajstić information content (AvgIpc) is 3.18. The van der Waals surface area contributed by atoms with Crippen molar-refractivity contribution < 1.29 is 27.5 Å². The van der Waals surface area contributed by atoms with Crippen molar-refractivity contribution in [2.24, 2.45) is 5.92 Å². The summed E-state index contributed by atoms with van der Waals surface area (Å²) < 4.78 is 46.3. The first kappa shape index (κ1) is 24.3.